The van der Waals surface area contributed by atoms with Crippen LogP contribution in [0.25, 0.3) is 0 Å². The average Bonchev–Trinajstić information content (AvgIpc) is 3.33. The Morgan fingerprint density at radius 3 is 2.37 bits per heavy atom. The number of aliphatic carboxylic acids is 1. The van der Waals surface area contributed by atoms with Gasteiger partial charge in [-0.25, -0.2) is 9.78 Å². The number of carboxylic acid groups (broad SMARTS) is 1. The molecule has 0 spiro atoms. The van der Waals surface area contributed by atoms with Crippen LogP contribution in [0.4, 0.5) is 0 Å². The lowest BCUT2D eigenvalue weighted by Gasteiger charge is -2.36. The van der Waals surface area contributed by atoms with E-state index in [-0.39, 0.29) is 35.3 Å². The fourth-order valence-electron chi connectivity index (χ4n) is 7.10. The van der Waals surface area contributed by atoms with Gasteiger partial charge in [-0.15, -0.1) is 0 Å². The largest absolute Gasteiger partial charge is 0.480 e. The van der Waals surface area contributed by atoms with Crippen molar-refractivity contribution >= 4 is 11.9 Å². The van der Waals surface area contributed by atoms with Crippen molar-refractivity contribution in [3.8, 4) is 5.88 Å². The molecule has 0 radical (unpaired) electrons. The molecule has 8 nitrogen and oxygen atoms in total. The van der Waals surface area contributed by atoms with E-state index in [0.717, 1.165) is 56.2 Å². The summed E-state index contributed by atoms with van der Waals surface area (Å²) in [6.07, 6.45) is 6.60. The summed E-state index contributed by atoms with van der Waals surface area (Å²) in [5.74, 6) is -0.817. The molecule has 1 aromatic carbocycles. The first-order valence-corrected chi connectivity index (χ1v) is 15.3. The van der Waals surface area contributed by atoms with Gasteiger partial charge in [-0.05, 0) is 29.9 Å². The molecule has 4 atom stereocenters. The van der Waals surface area contributed by atoms with Crippen LogP contribution in [-0.4, -0.2) is 58.3 Å². The van der Waals surface area contributed by atoms with E-state index in [0.29, 0.717) is 25.6 Å². The number of benzene rings is 1. The number of ether oxygens (including phenoxy) is 2. The molecule has 2 aromatic rings. The molecule has 8 heteroatoms. The Hall–Kier alpha value is -2.97. The molecule has 1 amide bonds. The van der Waals surface area contributed by atoms with E-state index in [1.807, 2.05) is 48.5 Å². The monoisotopic (exact) mass is 563 g/mol. The van der Waals surface area contributed by atoms with Gasteiger partial charge in [-0.1, -0.05) is 76.4 Å². The molecular weight excluding hydrogens is 518 g/mol. The van der Waals surface area contributed by atoms with Crippen LogP contribution in [-0.2, 0) is 20.9 Å². The summed E-state index contributed by atoms with van der Waals surface area (Å²) in [5, 5.41) is 14.4. The van der Waals surface area contributed by atoms with E-state index in [2.05, 4.69) is 26.1 Å². The minimum Gasteiger partial charge on any atom is -0.480 e. The number of pyridine rings is 1. The van der Waals surface area contributed by atoms with Crippen LogP contribution in [0.1, 0.15) is 83.0 Å². The fourth-order valence-corrected chi connectivity index (χ4v) is 7.10. The maximum absolute atomic E-state index is 14.2. The van der Waals surface area contributed by atoms with Gasteiger partial charge in [0.1, 0.15) is 12.1 Å². The van der Waals surface area contributed by atoms with E-state index < -0.39 is 18.1 Å². The number of nitrogens with one attached hydrogen (secondary N) is 1. The number of likely N-dealkylation sites (tertiary alicyclic amines) is 1. The van der Waals surface area contributed by atoms with Gasteiger partial charge in [0, 0.05) is 43.3 Å². The van der Waals surface area contributed by atoms with Crippen molar-refractivity contribution in [2.45, 2.75) is 96.5 Å². The summed E-state index contributed by atoms with van der Waals surface area (Å²) in [5.41, 5.74) is 1.39. The molecule has 41 heavy (non-hydrogen) atoms. The Balaban J connectivity index is 1.47. The molecule has 222 valence electrons. The van der Waals surface area contributed by atoms with Gasteiger partial charge in [-0.2, -0.15) is 0 Å². The van der Waals surface area contributed by atoms with Crippen LogP contribution < -0.4 is 10.1 Å². The standard InChI is InChI=1S/C33H45N3O5/c1-33(2,3)27-28(34-21-24-15-10-16-26(35-24)41-25-17-19-40-20-18-25)29(22-11-6-4-7-12-22)36(30(27)32(38)39)31(37)23-13-8-5-9-14-23/h4,6-7,10-12,15-16,23,25,27-30,34H,5,8-9,13-14,17-21H2,1-3H3,(H,38,39). The predicted molar refractivity (Wildman–Crippen MR) is 156 cm³/mol. The van der Waals surface area contributed by atoms with Gasteiger partial charge in [0.05, 0.1) is 24.9 Å². The Morgan fingerprint density at radius 2 is 1.71 bits per heavy atom. The SMILES string of the molecule is CC(C)(C)C1C(NCc2cccc(OC3CCOCC3)n2)C(c2ccccc2)N(C(=O)C2CCCCC2)C1C(=O)O. The van der Waals surface area contributed by atoms with Crippen LogP contribution >= 0.6 is 0 Å². The molecule has 3 aliphatic rings. The van der Waals surface area contributed by atoms with Crippen LogP contribution in [0, 0.1) is 17.3 Å². The number of hydrogen-bond donors (Lipinski definition) is 2. The van der Waals surface area contributed by atoms with Crippen LogP contribution in [0.15, 0.2) is 48.5 Å². The Bertz CT molecular complexity index is 1170. The molecule has 2 saturated heterocycles. The highest BCUT2D eigenvalue weighted by atomic mass is 16.5. The second kappa shape index (κ2) is 12.9. The summed E-state index contributed by atoms with van der Waals surface area (Å²) >= 11 is 0. The fraction of sp³-hybridized carbons (Fsp3) is 0.606. The van der Waals surface area contributed by atoms with Crippen molar-refractivity contribution in [3.63, 3.8) is 0 Å². The molecule has 3 fully saturated rings. The smallest absolute Gasteiger partial charge is 0.326 e. The van der Waals surface area contributed by atoms with E-state index >= 15 is 0 Å². The first-order valence-electron chi connectivity index (χ1n) is 15.3. The Kier molecular flexibility index (Phi) is 9.29. The molecule has 2 N–H and O–H groups in total. The summed E-state index contributed by atoms with van der Waals surface area (Å²) < 4.78 is 11.6. The zero-order chi connectivity index (χ0) is 29.0. The number of nitrogens with zero attached hydrogens (tertiary/aromatic N) is 2. The van der Waals surface area contributed by atoms with Crippen molar-refractivity contribution < 1.29 is 24.2 Å². The second-order valence-corrected chi connectivity index (χ2v) is 12.9. The Labute approximate surface area is 243 Å². The number of aromatic nitrogens is 1. The first kappa shape index (κ1) is 29.5. The van der Waals surface area contributed by atoms with Gasteiger partial charge < -0.3 is 24.8 Å². The first-order chi connectivity index (χ1) is 19.7. The predicted octanol–water partition coefficient (Wildman–Crippen LogP) is 5.38. The molecule has 1 aliphatic carbocycles. The van der Waals surface area contributed by atoms with Gasteiger partial charge in [0.15, 0.2) is 0 Å². The third kappa shape index (κ3) is 6.75. The number of carbonyl (C=O) groups excluding carboxylic acids is 1. The Morgan fingerprint density at radius 1 is 1.00 bits per heavy atom. The van der Waals surface area contributed by atoms with Crippen LogP contribution in [0.5, 0.6) is 5.88 Å². The summed E-state index contributed by atoms with van der Waals surface area (Å²) in [7, 11) is 0. The number of rotatable bonds is 8. The third-order valence-electron chi connectivity index (χ3n) is 9.03. The minimum absolute atomic E-state index is 0.0190. The molecule has 1 saturated carbocycles. The van der Waals surface area contributed by atoms with E-state index in [1.165, 1.54) is 0 Å². The molecule has 2 aliphatic heterocycles. The van der Waals surface area contributed by atoms with E-state index in [9.17, 15) is 14.7 Å². The molecule has 0 bridgehead atoms. The van der Waals surface area contributed by atoms with Gasteiger partial charge >= 0.3 is 5.97 Å². The molecule has 4 unspecified atom stereocenters. The molecule has 5 rings (SSSR count). The van der Waals surface area contributed by atoms with Crippen molar-refractivity contribution in [2.24, 2.45) is 17.3 Å². The quantitative estimate of drug-likeness (QED) is 0.445. The highest BCUT2D eigenvalue weighted by Crippen LogP contribution is 2.49. The highest BCUT2D eigenvalue weighted by Gasteiger charge is 2.58. The zero-order valence-electron chi connectivity index (χ0n) is 24.6. The lowest BCUT2D eigenvalue weighted by Crippen LogP contribution is -2.49. The summed E-state index contributed by atoms with van der Waals surface area (Å²) in [4.78, 5) is 33.8. The average molecular weight is 564 g/mol. The number of amides is 1. The zero-order valence-corrected chi connectivity index (χ0v) is 24.6. The maximum Gasteiger partial charge on any atom is 0.326 e. The van der Waals surface area contributed by atoms with E-state index in [1.54, 1.807) is 4.90 Å². The second-order valence-electron chi connectivity index (χ2n) is 12.9. The van der Waals surface area contributed by atoms with Crippen molar-refractivity contribution in [2.75, 3.05) is 13.2 Å². The number of carbonyl (C=O) groups is 2. The maximum atomic E-state index is 14.2. The molecular formula is C33H45N3O5. The summed E-state index contributed by atoms with van der Waals surface area (Å²) in [6, 6.07) is 14.1. The number of hydrogen-bond acceptors (Lipinski definition) is 6. The normalized spacial score (nSPS) is 26.2. The topological polar surface area (TPSA) is 101 Å². The van der Waals surface area contributed by atoms with Crippen LogP contribution in [0.3, 0.4) is 0 Å². The highest BCUT2D eigenvalue weighted by molar-refractivity contribution is 5.87. The van der Waals surface area contributed by atoms with Crippen molar-refractivity contribution in [3.05, 3.63) is 59.8 Å². The molecule has 1 aromatic heterocycles. The minimum atomic E-state index is -0.940. The third-order valence-corrected chi connectivity index (χ3v) is 9.03. The number of carboxylic acids is 1. The lowest BCUT2D eigenvalue weighted by atomic mass is 9.72. The van der Waals surface area contributed by atoms with E-state index in [4.69, 9.17) is 14.5 Å². The van der Waals surface area contributed by atoms with Crippen molar-refractivity contribution in [1.82, 2.24) is 15.2 Å². The van der Waals surface area contributed by atoms with Crippen molar-refractivity contribution in [1.29, 1.82) is 0 Å². The van der Waals surface area contributed by atoms with Crippen LogP contribution in [0.2, 0.25) is 0 Å². The van der Waals surface area contributed by atoms with Gasteiger partial charge in [-0.3, -0.25) is 4.79 Å². The molecule has 3 heterocycles. The summed E-state index contributed by atoms with van der Waals surface area (Å²) in [6.45, 7) is 8.08. The van der Waals surface area contributed by atoms with Gasteiger partial charge in [0.2, 0.25) is 11.8 Å². The lowest BCUT2D eigenvalue weighted by molar-refractivity contribution is -0.154. The van der Waals surface area contributed by atoms with Gasteiger partial charge in [0.25, 0.3) is 0 Å².